The maximum Gasteiger partial charge on any atom is 0.184 e. The van der Waals surface area contributed by atoms with E-state index in [-0.39, 0.29) is 0 Å². The second-order valence-electron chi connectivity index (χ2n) is 3.77. The Kier molecular flexibility index (Phi) is 2.95. The Morgan fingerprint density at radius 2 is 1.31 bits per heavy atom. The first-order chi connectivity index (χ1) is 7.66. The van der Waals surface area contributed by atoms with Crippen molar-refractivity contribution in [2.24, 2.45) is 0 Å². The van der Waals surface area contributed by atoms with Crippen LogP contribution in [-0.4, -0.2) is 9.97 Å². The molecule has 2 rings (SSSR count). The lowest BCUT2D eigenvalue weighted by molar-refractivity contribution is 0.384. The van der Waals surface area contributed by atoms with Crippen LogP contribution in [0.5, 0.6) is 0 Å². The number of nitrogens with zero attached hydrogens (tertiary/aromatic N) is 2. The number of halogens is 1. The van der Waals surface area contributed by atoms with Crippen LogP contribution >= 0.6 is 0 Å². The Hall–Kier alpha value is -1.77. The number of alkyl halides is 1. The van der Waals surface area contributed by atoms with Crippen LogP contribution in [0, 0.1) is 13.8 Å². The second kappa shape index (κ2) is 4.39. The number of aryl methyl sites for hydroxylation is 2. The molecule has 16 heavy (non-hydrogen) atoms. The van der Waals surface area contributed by atoms with E-state index < -0.39 is 6.17 Å². The SMILES string of the molecule is Cc1cccc(C(F)c2cccc(C)n2)n1. The number of pyridine rings is 2. The lowest BCUT2D eigenvalue weighted by atomic mass is 10.1. The van der Waals surface area contributed by atoms with E-state index in [0.717, 1.165) is 11.4 Å². The second-order valence-corrected chi connectivity index (χ2v) is 3.77. The number of hydrogen-bond acceptors (Lipinski definition) is 2. The van der Waals surface area contributed by atoms with E-state index in [4.69, 9.17) is 0 Å². The topological polar surface area (TPSA) is 25.8 Å². The minimum absolute atomic E-state index is 0.415. The van der Waals surface area contributed by atoms with Crippen LogP contribution in [0.2, 0.25) is 0 Å². The standard InChI is InChI=1S/C13H13FN2/c1-9-5-3-7-11(15-9)13(14)12-8-4-6-10(2)16-12/h3-8,13H,1-2H3. The molecule has 0 saturated heterocycles. The smallest absolute Gasteiger partial charge is 0.184 e. The highest BCUT2D eigenvalue weighted by Crippen LogP contribution is 2.22. The summed E-state index contributed by atoms with van der Waals surface area (Å²) in [6, 6.07) is 10.7. The molecule has 3 heteroatoms. The Morgan fingerprint density at radius 3 is 1.69 bits per heavy atom. The van der Waals surface area contributed by atoms with Gasteiger partial charge in [-0.3, -0.25) is 9.97 Å². The van der Waals surface area contributed by atoms with Crippen molar-refractivity contribution < 1.29 is 4.39 Å². The zero-order valence-corrected chi connectivity index (χ0v) is 9.31. The van der Waals surface area contributed by atoms with Gasteiger partial charge in [-0.1, -0.05) is 12.1 Å². The molecule has 0 aliphatic rings. The molecule has 2 nitrogen and oxygen atoms in total. The summed E-state index contributed by atoms with van der Waals surface area (Å²) in [4.78, 5) is 8.33. The Labute approximate surface area is 94.2 Å². The van der Waals surface area contributed by atoms with Gasteiger partial charge in [0.1, 0.15) is 0 Å². The van der Waals surface area contributed by atoms with Crippen LogP contribution in [0.4, 0.5) is 4.39 Å². The van der Waals surface area contributed by atoms with E-state index in [0.29, 0.717) is 11.4 Å². The fraction of sp³-hybridized carbons (Fsp3) is 0.231. The summed E-state index contributed by atoms with van der Waals surface area (Å²) in [5.74, 6) is 0. The zero-order chi connectivity index (χ0) is 11.5. The van der Waals surface area contributed by atoms with E-state index >= 15 is 0 Å². The fourth-order valence-electron chi connectivity index (χ4n) is 1.56. The van der Waals surface area contributed by atoms with Crippen LogP contribution in [0.25, 0.3) is 0 Å². The van der Waals surface area contributed by atoms with Crippen LogP contribution in [-0.2, 0) is 0 Å². The number of rotatable bonds is 2. The number of aromatic nitrogens is 2. The van der Waals surface area contributed by atoms with Gasteiger partial charge in [-0.25, -0.2) is 4.39 Å². The summed E-state index contributed by atoms with van der Waals surface area (Å²) in [6.45, 7) is 3.69. The van der Waals surface area contributed by atoms with Crippen molar-refractivity contribution >= 4 is 0 Å². The molecular formula is C13H13FN2. The third-order valence-electron chi connectivity index (χ3n) is 2.34. The highest BCUT2D eigenvalue weighted by atomic mass is 19.1. The molecule has 0 radical (unpaired) electrons. The monoisotopic (exact) mass is 216 g/mol. The molecule has 0 fully saturated rings. The molecule has 0 unspecified atom stereocenters. The van der Waals surface area contributed by atoms with Crippen LogP contribution in [0.1, 0.15) is 28.9 Å². The summed E-state index contributed by atoms with van der Waals surface area (Å²) in [6.07, 6.45) is -1.25. The molecule has 0 aliphatic carbocycles. The van der Waals surface area contributed by atoms with Crippen LogP contribution < -0.4 is 0 Å². The molecule has 82 valence electrons. The van der Waals surface area contributed by atoms with Gasteiger partial charge in [0, 0.05) is 11.4 Å². The largest absolute Gasteiger partial charge is 0.255 e. The maximum atomic E-state index is 14.1. The van der Waals surface area contributed by atoms with Crippen LogP contribution in [0.3, 0.4) is 0 Å². The third-order valence-corrected chi connectivity index (χ3v) is 2.34. The minimum Gasteiger partial charge on any atom is -0.255 e. The first-order valence-electron chi connectivity index (χ1n) is 5.18. The van der Waals surface area contributed by atoms with E-state index in [1.165, 1.54) is 0 Å². The van der Waals surface area contributed by atoms with E-state index in [1.54, 1.807) is 24.3 Å². The molecule has 0 aromatic carbocycles. The third kappa shape index (κ3) is 2.24. The zero-order valence-electron chi connectivity index (χ0n) is 9.31. The molecule has 0 N–H and O–H groups in total. The quantitative estimate of drug-likeness (QED) is 0.770. The molecule has 0 saturated carbocycles. The summed E-state index contributed by atoms with van der Waals surface area (Å²) in [7, 11) is 0. The van der Waals surface area contributed by atoms with Crippen molar-refractivity contribution in [1.82, 2.24) is 9.97 Å². The van der Waals surface area contributed by atoms with Gasteiger partial charge < -0.3 is 0 Å². The predicted octanol–water partition coefficient (Wildman–Crippen LogP) is 3.15. The maximum absolute atomic E-state index is 14.1. The highest BCUT2D eigenvalue weighted by Gasteiger charge is 2.15. The summed E-state index contributed by atoms with van der Waals surface area (Å²) in [5, 5.41) is 0. The van der Waals surface area contributed by atoms with Crippen molar-refractivity contribution in [1.29, 1.82) is 0 Å². The fourth-order valence-corrected chi connectivity index (χ4v) is 1.56. The Morgan fingerprint density at radius 1 is 0.875 bits per heavy atom. The van der Waals surface area contributed by atoms with Crippen LogP contribution in [0.15, 0.2) is 36.4 Å². The van der Waals surface area contributed by atoms with Gasteiger partial charge in [0.15, 0.2) is 6.17 Å². The Balaban J connectivity index is 2.35. The first-order valence-corrected chi connectivity index (χ1v) is 5.18. The molecule has 0 atom stereocenters. The van der Waals surface area contributed by atoms with E-state index in [1.807, 2.05) is 26.0 Å². The molecule has 2 aromatic rings. The van der Waals surface area contributed by atoms with Gasteiger partial charge in [0.2, 0.25) is 0 Å². The molecule has 0 spiro atoms. The van der Waals surface area contributed by atoms with Crippen molar-refractivity contribution in [3.8, 4) is 0 Å². The lowest BCUT2D eigenvalue weighted by Crippen LogP contribution is -2.01. The van der Waals surface area contributed by atoms with E-state index in [9.17, 15) is 4.39 Å². The van der Waals surface area contributed by atoms with Gasteiger partial charge in [-0.05, 0) is 38.1 Å². The van der Waals surface area contributed by atoms with E-state index in [2.05, 4.69) is 9.97 Å². The summed E-state index contributed by atoms with van der Waals surface area (Å²) < 4.78 is 14.1. The average molecular weight is 216 g/mol. The van der Waals surface area contributed by atoms with Gasteiger partial charge in [0.05, 0.1) is 11.4 Å². The first kappa shape index (κ1) is 10.7. The minimum atomic E-state index is -1.25. The van der Waals surface area contributed by atoms with Crippen molar-refractivity contribution in [3.63, 3.8) is 0 Å². The molecule has 2 aromatic heterocycles. The average Bonchev–Trinajstić information content (AvgIpc) is 2.28. The van der Waals surface area contributed by atoms with Gasteiger partial charge in [-0.15, -0.1) is 0 Å². The molecule has 0 amide bonds. The predicted molar refractivity (Wildman–Crippen MR) is 60.9 cm³/mol. The normalized spacial score (nSPS) is 10.8. The molecule has 0 bridgehead atoms. The van der Waals surface area contributed by atoms with Gasteiger partial charge in [0.25, 0.3) is 0 Å². The van der Waals surface area contributed by atoms with Gasteiger partial charge >= 0.3 is 0 Å². The molecular weight excluding hydrogens is 203 g/mol. The van der Waals surface area contributed by atoms with Gasteiger partial charge in [-0.2, -0.15) is 0 Å². The number of hydrogen-bond donors (Lipinski definition) is 0. The van der Waals surface area contributed by atoms with Crippen molar-refractivity contribution in [2.75, 3.05) is 0 Å². The van der Waals surface area contributed by atoms with Crippen molar-refractivity contribution in [3.05, 3.63) is 59.2 Å². The summed E-state index contributed by atoms with van der Waals surface area (Å²) in [5.41, 5.74) is 2.46. The lowest BCUT2D eigenvalue weighted by Gasteiger charge is -2.08. The molecule has 0 aliphatic heterocycles. The summed E-state index contributed by atoms with van der Waals surface area (Å²) >= 11 is 0. The highest BCUT2D eigenvalue weighted by molar-refractivity contribution is 5.22. The van der Waals surface area contributed by atoms with Crippen molar-refractivity contribution in [2.45, 2.75) is 20.0 Å². The molecule has 2 heterocycles. The Bertz CT molecular complexity index is 451.